The zero-order valence-corrected chi connectivity index (χ0v) is 11.8. The molecule has 0 aliphatic rings. The molecule has 0 spiro atoms. The van der Waals surface area contributed by atoms with Gasteiger partial charge in [0.05, 0.1) is 12.2 Å². The van der Waals surface area contributed by atoms with Gasteiger partial charge in [0.25, 0.3) is 10.0 Å². The van der Waals surface area contributed by atoms with Crippen molar-refractivity contribution in [3.05, 3.63) is 47.1 Å². The molecule has 0 saturated carbocycles. The first-order chi connectivity index (χ1) is 8.50. The van der Waals surface area contributed by atoms with Crippen molar-refractivity contribution in [2.45, 2.75) is 17.7 Å². The van der Waals surface area contributed by atoms with Gasteiger partial charge in [-0.15, -0.1) is 11.3 Å². The van der Waals surface area contributed by atoms with Gasteiger partial charge in [-0.1, -0.05) is 6.07 Å². The molecule has 4 nitrogen and oxygen atoms in total. The van der Waals surface area contributed by atoms with Crippen LogP contribution in [0.5, 0.6) is 0 Å². The lowest BCUT2D eigenvalue weighted by molar-refractivity contribution is 0.464. The average Bonchev–Trinajstić information content (AvgIpc) is 2.78. The van der Waals surface area contributed by atoms with Gasteiger partial charge in [-0.25, -0.2) is 8.42 Å². The van der Waals surface area contributed by atoms with Crippen molar-refractivity contribution in [1.29, 1.82) is 0 Å². The quantitative estimate of drug-likeness (QED) is 0.864. The summed E-state index contributed by atoms with van der Waals surface area (Å²) in [4.78, 5) is 5.11. The number of hydrogen-bond acceptors (Lipinski definition) is 4. The van der Waals surface area contributed by atoms with Gasteiger partial charge in [0, 0.05) is 18.1 Å². The van der Waals surface area contributed by atoms with Crippen LogP contribution in [0.4, 0.5) is 0 Å². The minimum absolute atomic E-state index is 0.278. The molecular formula is C12H14N2O2S2. The molecule has 0 aromatic carbocycles. The van der Waals surface area contributed by atoms with Gasteiger partial charge in [0.2, 0.25) is 0 Å². The molecule has 0 radical (unpaired) electrons. The summed E-state index contributed by atoms with van der Waals surface area (Å²) in [6, 6.07) is 8.92. The van der Waals surface area contributed by atoms with E-state index in [1.54, 1.807) is 25.4 Å². The van der Waals surface area contributed by atoms with Crippen LogP contribution in [0.15, 0.2) is 40.7 Å². The number of pyridine rings is 1. The Morgan fingerprint density at radius 3 is 2.61 bits per heavy atom. The summed E-state index contributed by atoms with van der Waals surface area (Å²) in [6.07, 6.45) is 1.66. The molecule has 2 aromatic heterocycles. The summed E-state index contributed by atoms with van der Waals surface area (Å²) in [5, 5.41) is 0. The fraction of sp³-hybridized carbons (Fsp3) is 0.250. The number of aryl methyl sites for hydroxylation is 1. The van der Waals surface area contributed by atoms with Crippen molar-refractivity contribution in [3.63, 3.8) is 0 Å². The van der Waals surface area contributed by atoms with Crippen LogP contribution < -0.4 is 0 Å². The number of nitrogens with zero attached hydrogens (tertiary/aromatic N) is 2. The molecule has 0 aliphatic carbocycles. The van der Waals surface area contributed by atoms with Crippen LogP contribution in [0.3, 0.4) is 0 Å². The molecule has 0 N–H and O–H groups in total. The third-order valence-electron chi connectivity index (χ3n) is 2.49. The zero-order valence-electron chi connectivity index (χ0n) is 10.2. The van der Waals surface area contributed by atoms with E-state index in [1.165, 1.54) is 15.6 Å². The third kappa shape index (κ3) is 2.77. The number of sulfonamides is 1. The minimum atomic E-state index is -3.40. The second-order valence-corrected chi connectivity index (χ2v) is 7.51. The predicted molar refractivity (Wildman–Crippen MR) is 71.9 cm³/mol. The summed E-state index contributed by atoms with van der Waals surface area (Å²) >= 11 is 1.28. The summed E-state index contributed by atoms with van der Waals surface area (Å²) in [5.41, 5.74) is 0.733. The van der Waals surface area contributed by atoms with Gasteiger partial charge in [0.15, 0.2) is 0 Å². The second-order valence-electron chi connectivity index (χ2n) is 3.95. The first kappa shape index (κ1) is 13.2. The zero-order chi connectivity index (χ0) is 13.2. The van der Waals surface area contributed by atoms with Crippen molar-refractivity contribution in [2.24, 2.45) is 0 Å². The monoisotopic (exact) mass is 282 g/mol. The van der Waals surface area contributed by atoms with E-state index in [4.69, 9.17) is 0 Å². The first-order valence-corrected chi connectivity index (χ1v) is 7.68. The van der Waals surface area contributed by atoms with Gasteiger partial charge in [-0.2, -0.15) is 4.31 Å². The molecule has 2 aromatic rings. The molecule has 96 valence electrons. The highest BCUT2D eigenvalue weighted by Gasteiger charge is 2.22. The van der Waals surface area contributed by atoms with Crippen LogP contribution in [0.2, 0.25) is 0 Å². The van der Waals surface area contributed by atoms with Gasteiger partial charge in [0.1, 0.15) is 4.21 Å². The Morgan fingerprint density at radius 1 is 1.28 bits per heavy atom. The maximum absolute atomic E-state index is 12.3. The molecule has 0 amide bonds. The highest BCUT2D eigenvalue weighted by molar-refractivity contribution is 7.91. The predicted octanol–water partition coefficient (Wildman–Crippen LogP) is 2.27. The molecule has 0 aliphatic heterocycles. The Balaban J connectivity index is 2.21. The summed E-state index contributed by atoms with van der Waals surface area (Å²) in [5.74, 6) is 0. The molecule has 0 fully saturated rings. The topological polar surface area (TPSA) is 50.3 Å². The number of rotatable bonds is 4. The lowest BCUT2D eigenvalue weighted by Crippen LogP contribution is -2.26. The molecule has 0 saturated heterocycles. The van der Waals surface area contributed by atoms with E-state index < -0.39 is 10.0 Å². The van der Waals surface area contributed by atoms with E-state index in [-0.39, 0.29) is 6.54 Å². The smallest absolute Gasteiger partial charge is 0.252 e. The van der Waals surface area contributed by atoms with Crippen molar-refractivity contribution in [2.75, 3.05) is 7.05 Å². The van der Waals surface area contributed by atoms with Gasteiger partial charge in [-0.05, 0) is 31.2 Å². The average molecular weight is 282 g/mol. The molecule has 6 heteroatoms. The Labute approximate surface area is 111 Å². The van der Waals surface area contributed by atoms with Crippen molar-refractivity contribution in [1.82, 2.24) is 9.29 Å². The van der Waals surface area contributed by atoms with Gasteiger partial charge in [-0.3, -0.25) is 4.98 Å². The summed E-state index contributed by atoms with van der Waals surface area (Å²) in [7, 11) is -1.84. The molecule has 0 bridgehead atoms. The van der Waals surface area contributed by atoms with Crippen LogP contribution in [0.25, 0.3) is 0 Å². The van der Waals surface area contributed by atoms with Crippen LogP contribution in [0.1, 0.15) is 10.6 Å². The van der Waals surface area contributed by atoms with Crippen LogP contribution in [0, 0.1) is 6.92 Å². The lowest BCUT2D eigenvalue weighted by atomic mass is 10.3. The van der Waals surface area contributed by atoms with Gasteiger partial charge >= 0.3 is 0 Å². The van der Waals surface area contributed by atoms with Crippen LogP contribution >= 0.6 is 11.3 Å². The maximum Gasteiger partial charge on any atom is 0.252 e. The number of thiophene rings is 1. The summed E-state index contributed by atoms with van der Waals surface area (Å²) in [6.45, 7) is 2.17. The molecule has 2 rings (SSSR count). The maximum atomic E-state index is 12.3. The molecular weight excluding hydrogens is 268 g/mol. The summed E-state index contributed by atoms with van der Waals surface area (Å²) < 4.78 is 26.2. The molecule has 0 unspecified atom stereocenters. The van der Waals surface area contributed by atoms with E-state index >= 15 is 0 Å². The number of hydrogen-bond donors (Lipinski definition) is 0. The minimum Gasteiger partial charge on any atom is -0.260 e. The fourth-order valence-electron chi connectivity index (χ4n) is 1.51. The van der Waals surface area contributed by atoms with E-state index in [1.807, 2.05) is 25.1 Å². The highest BCUT2D eigenvalue weighted by Crippen LogP contribution is 2.24. The van der Waals surface area contributed by atoms with Crippen molar-refractivity contribution in [3.8, 4) is 0 Å². The second kappa shape index (κ2) is 5.17. The van der Waals surface area contributed by atoms with Crippen molar-refractivity contribution < 1.29 is 8.42 Å². The largest absolute Gasteiger partial charge is 0.260 e. The number of aromatic nitrogens is 1. The first-order valence-electron chi connectivity index (χ1n) is 5.43. The molecule has 18 heavy (non-hydrogen) atoms. The van der Waals surface area contributed by atoms with Crippen LogP contribution in [-0.4, -0.2) is 24.8 Å². The van der Waals surface area contributed by atoms with Crippen LogP contribution in [-0.2, 0) is 16.6 Å². The Hall–Kier alpha value is -1.24. The Morgan fingerprint density at radius 2 is 2.06 bits per heavy atom. The lowest BCUT2D eigenvalue weighted by Gasteiger charge is -2.15. The third-order valence-corrected chi connectivity index (χ3v) is 5.76. The highest BCUT2D eigenvalue weighted by atomic mass is 32.2. The van der Waals surface area contributed by atoms with E-state index in [0.717, 1.165) is 10.6 Å². The normalized spacial score (nSPS) is 11.9. The molecule has 2 heterocycles. The standard InChI is InChI=1S/C12H14N2O2S2/c1-10-6-7-12(17-10)18(15,16)14(2)9-11-5-3-4-8-13-11/h3-8H,9H2,1-2H3. The van der Waals surface area contributed by atoms with Crippen molar-refractivity contribution >= 4 is 21.4 Å². The van der Waals surface area contributed by atoms with Gasteiger partial charge < -0.3 is 0 Å². The van der Waals surface area contributed by atoms with E-state index in [2.05, 4.69) is 4.98 Å². The van der Waals surface area contributed by atoms with E-state index in [0.29, 0.717) is 4.21 Å². The molecule has 0 atom stereocenters. The Bertz CT molecular complexity index is 621. The SMILES string of the molecule is Cc1ccc(S(=O)(=O)N(C)Cc2ccccn2)s1. The fourth-order valence-corrected chi connectivity index (χ4v) is 4.15. The Kier molecular flexibility index (Phi) is 3.79. The van der Waals surface area contributed by atoms with E-state index in [9.17, 15) is 8.42 Å².